The number of nitrogens with zero attached hydrogens (tertiary/aromatic N) is 2. The first-order chi connectivity index (χ1) is 9.96. The van der Waals surface area contributed by atoms with E-state index in [-0.39, 0.29) is 10.6 Å². The Bertz CT molecular complexity index is 697. The van der Waals surface area contributed by atoms with E-state index < -0.39 is 0 Å². The fourth-order valence-electron chi connectivity index (χ4n) is 3.24. The predicted molar refractivity (Wildman–Crippen MR) is 83.4 cm³/mol. The molecule has 1 unspecified atom stereocenters. The number of nitrogens with one attached hydrogen (secondary N) is 1. The van der Waals surface area contributed by atoms with Crippen molar-refractivity contribution in [2.75, 3.05) is 5.32 Å². The van der Waals surface area contributed by atoms with E-state index in [4.69, 9.17) is 0 Å². The van der Waals surface area contributed by atoms with Gasteiger partial charge in [-0.3, -0.25) is 15.1 Å². The molecule has 1 heterocycles. The molecule has 3 rings (SSSR count). The number of benzene rings is 1. The molecule has 0 radical (unpaired) electrons. The number of aromatic nitrogens is 1. The molecule has 1 fully saturated rings. The topological polar surface area (TPSA) is 68.1 Å². The van der Waals surface area contributed by atoms with Gasteiger partial charge in [-0.05, 0) is 36.8 Å². The van der Waals surface area contributed by atoms with Crippen LogP contribution in [-0.4, -0.2) is 15.9 Å². The van der Waals surface area contributed by atoms with Gasteiger partial charge in [0.2, 0.25) is 0 Å². The first-order valence-corrected chi connectivity index (χ1v) is 7.24. The van der Waals surface area contributed by atoms with Crippen molar-refractivity contribution >= 4 is 22.1 Å². The lowest BCUT2D eigenvalue weighted by atomic mass is 9.92. The van der Waals surface area contributed by atoms with E-state index in [0.29, 0.717) is 16.8 Å². The molecule has 0 amide bonds. The van der Waals surface area contributed by atoms with E-state index >= 15 is 0 Å². The Morgan fingerprint density at radius 3 is 2.81 bits per heavy atom. The smallest absolute Gasteiger partial charge is 0.277 e. The van der Waals surface area contributed by atoms with Crippen LogP contribution >= 0.6 is 0 Å². The summed E-state index contributed by atoms with van der Waals surface area (Å²) in [6.45, 7) is 4.56. The highest BCUT2D eigenvalue weighted by Crippen LogP contribution is 2.39. The average molecular weight is 285 g/mol. The number of pyridine rings is 1. The van der Waals surface area contributed by atoms with E-state index in [1.54, 1.807) is 30.6 Å². The normalized spacial score (nSPS) is 20.6. The molecule has 0 bridgehead atoms. The minimum atomic E-state index is -0.342. The number of nitro benzene ring substituents is 1. The summed E-state index contributed by atoms with van der Waals surface area (Å²) in [5, 5.41) is 16.1. The number of non-ortho nitro benzene ring substituents is 1. The average Bonchev–Trinajstić information content (AvgIpc) is 2.78. The van der Waals surface area contributed by atoms with Gasteiger partial charge in [0.1, 0.15) is 0 Å². The van der Waals surface area contributed by atoms with Gasteiger partial charge in [-0.15, -0.1) is 0 Å². The van der Waals surface area contributed by atoms with Gasteiger partial charge in [-0.25, -0.2) is 0 Å². The number of hydrogen-bond acceptors (Lipinski definition) is 4. The Hall–Kier alpha value is -2.17. The van der Waals surface area contributed by atoms with Gasteiger partial charge in [0.05, 0.1) is 10.3 Å². The molecule has 1 aromatic heterocycles. The molecular weight excluding hydrogens is 266 g/mol. The molecule has 1 N–H and O–H groups in total. The van der Waals surface area contributed by atoms with Crippen molar-refractivity contribution in [1.82, 2.24) is 4.98 Å². The summed E-state index contributed by atoms with van der Waals surface area (Å²) in [6.07, 6.45) is 6.74. The van der Waals surface area contributed by atoms with Crippen LogP contribution in [0.5, 0.6) is 0 Å². The predicted octanol–water partition coefficient (Wildman–Crippen LogP) is 4.13. The number of anilines is 1. The van der Waals surface area contributed by atoms with E-state index in [0.717, 1.165) is 23.9 Å². The number of fused-ring (bicyclic) bond motifs is 1. The van der Waals surface area contributed by atoms with Crippen LogP contribution < -0.4 is 5.32 Å². The van der Waals surface area contributed by atoms with Crippen molar-refractivity contribution < 1.29 is 4.92 Å². The fraction of sp³-hybridized carbons (Fsp3) is 0.438. The van der Waals surface area contributed by atoms with Gasteiger partial charge in [-0.2, -0.15) is 0 Å². The lowest BCUT2D eigenvalue weighted by molar-refractivity contribution is -0.383. The second-order valence-electron chi connectivity index (χ2n) is 6.56. The van der Waals surface area contributed by atoms with Crippen LogP contribution in [0.25, 0.3) is 10.8 Å². The van der Waals surface area contributed by atoms with Crippen LogP contribution in [0.4, 0.5) is 11.4 Å². The summed E-state index contributed by atoms with van der Waals surface area (Å²) in [5.41, 5.74) is 1.43. The summed E-state index contributed by atoms with van der Waals surface area (Å²) in [7, 11) is 0. The van der Waals surface area contributed by atoms with Gasteiger partial charge < -0.3 is 5.32 Å². The van der Waals surface area contributed by atoms with Crippen LogP contribution in [0, 0.1) is 15.5 Å². The third-order valence-electron chi connectivity index (χ3n) is 4.32. The summed E-state index contributed by atoms with van der Waals surface area (Å²) >= 11 is 0. The van der Waals surface area contributed by atoms with Crippen LogP contribution in [-0.2, 0) is 0 Å². The Labute approximate surface area is 123 Å². The molecule has 0 aliphatic heterocycles. The molecule has 1 saturated carbocycles. The van der Waals surface area contributed by atoms with Gasteiger partial charge in [0.15, 0.2) is 0 Å². The Morgan fingerprint density at radius 1 is 1.33 bits per heavy atom. The molecule has 0 spiro atoms. The Kier molecular flexibility index (Phi) is 3.27. The fourth-order valence-corrected chi connectivity index (χ4v) is 3.24. The minimum absolute atomic E-state index is 0.129. The first kappa shape index (κ1) is 13.8. The zero-order chi connectivity index (χ0) is 15.0. The quantitative estimate of drug-likeness (QED) is 0.680. The number of rotatable bonds is 3. The summed E-state index contributed by atoms with van der Waals surface area (Å²) in [6, 6.07) is 5.50. The molecular formula is C16H19N3O2. The molecule has 5 nitrogen and oxygen atoms in total. The molecule has 1 atom stereocenters. The van der Waals surface area contributed by atoms with Gasteiger partial charge in [0, 0.05) is 35.6 Å². The SMILES string of the molecule is CC1(C)CCC(Nc2ccc([N+](=O)[O-])c3ccncc23)C1. The van der Waals surface area contributed by atoms with Crippen molar-refractivity contribution in [3.63, 3.8) is 0 Å². The maximum Gasteiger partial charge on any atom is 0.277 e. The minimum Gasteiger partial charge on any atom is -0.382 e. The van der Waals surface area contributed by atoms with Crippen LogP contribution in [0.15, 0.2) is 30.6 Å². The standard InChI is InChI=1S/C16H19N3O2/c1-16(2)7-5-11(9-16)18-14-3-4-15(19(20)21)12-6-8-17-10-13(12)14/h3-4,6,8,10-11,18H,5,7,9H2,1-2H3. The summed E-state index contributed by atoms with van der Waals surface area (Å²) in [5.74, 6) is 0. The first-order valence-electron chi connectivity index (χ1n) is 7.24. The highest BCUT2D eigenvalue weighted by molar-refractivity contribution is 5.99. The Morgan fingerprint density at radius 2 is 2.14 bits per heavy atom. The van der Waals surface area contributed by atoms with Gasteiger partial charge >= 0.3 is 0 Å². The lowest BCUT2D eigenvalue weighted by Crippen LogP contribution is -2.17. The van der Waals surface area contributed by atoms with Crippen molar-refractivity contribution in [2.45, 2.75) is 39.2 Å². The van der Waals surface area contributed by atoms with Crippen molar-refractivity contribution in [1.29, 1.82) is 0 Å². The summed E-state index contributed by atoms with van der Waals surface area (Å²) in [4.78, 5) is 14.9. The molecule has 1 aliphatic carbocycles. The summed E-state index contributed by atoms with van der Waals surface area (Å²) < 4.78 is 0. The highest BCUT2D eigenvalue weighted by atomic mass is 16.6. The zero-order valence-electron chi connectivity index (χ0n) is 12.3. The van der Waals surface area contributed by atoms with E-state index in [1.165, 1.54) is 6.42 Å². The highest BCUT2D eigenvalue weighted by Gasteiger charge is 2.31. The lowest BCUT2D eigenvalue weighted by Gasteiger charge is -2.19. The molecule has 1 aromatic carbocycles. The number of nitro groups is 1. The Balaban J connectivity index is 1.97. The molecule has 110 valence electrons. The second kappa shape index (κ2) is 4.98. The van der Waals surface area contributed by atoms with E-state index in [2.05, 4.69) is 24.1 Å². The third-order valence-corrected chi connectivity index (χ3v) is 4.32. The molecule has 1 aliphatic rings. The van der Waals surface area contributed by atoms with Gasteiger partial charge in [-0.1, -0.05) is 13.8 Å². The molecule has 5 heteroatoms. The second-order valence-corrected chi connectivity index (χ2v) is 6.56. The largest absolute Gasteiger partial charge is 0.382 e. The molecule has 2 aromatic rings. The van der Waals surface area contributed by atoms with Crippen LogP contribution in [0.1, 0.15) is 33.1 Å². The van der Waals surface area contributed by atoms with E-state index in [9.17, 15) is 10.1 Å². The molecule has 0 saturated heterocycles. The molecule has 21 heavy (non-hydrogen) atoms. The number of hydrogen-bond donors (Lipinski definition) is 1. The van der Waals surface area contributed by atoms with Crippen molar-refractivity contribution in [3.05, 3.63) is 40.7 Å². The van der Waals surface area contributed by atoms with Crippen LogP contribution in [0.3, 0.4) is 0 Å². The van der Waals surface area contributed by atoms with Gasteiger partial charge in [0.25, 0.3) is 5.69 Å². The van der Waals surface area contributed by atoms with Crippen molar-refractivity contribution in [2.24, 2.45) is 5.41 Å². The maximum atomic E-state index is 11.1. The zero-order valence-corrected chi connectivity index (χ0v) is 12.3. The van der Waals surface area contributed by atoms with E-state index in [1.807, 2.05) is 0 Å². The monoisotopic (exact) mass is 285 g/mol. The van der Waals surface area contributed by atoms with Crippen molar-refractivity contribution in [3.8, 4) is 0 Å². The van der Waals surface area contributed by atoms with Crippen LogP contribution in [0.2, 0.25) is 0 Å². The maximum absolute atomic E-state index is 11.1. The third kappa shape index (κ3) is 2.68.